The van der Waals surface area contributed by atoms with Crippen molar-refractivity contribution < 1.29 is 24.1 Å². The van der Waals surface area contributed by atoms with Gasteiger partial charge in [0.05, 0.1) is 24.8 Å². The van der Waals surface area contributed by atoms with Crippen molar-refractivity contribution in [1.29, 1.82) is 0 Å². The van der Waals surface area contributed by atoms with Gasteiger partial charge in [-0.1, -0.05) is 17.7 Å². The Labute approximate surface area is 148 Å². The van der Waals surface area contributed by atoms with Gasteiger partial charge in [0.15, 0.2) is 23.0 Å². The van der Waals surface area contributed by atoms with E-state index in [1.54, 1.807) is 24.3 Å². The molecule has 1 aliphatic rings. The van der Waals surface area contributed by atoms with E-state index in [0.717, 1.165) is 5.56 Å². The number of carbonyl (C=O) groups is 1. The fraction of sp³-hybridized carbons (Fsp3) is 0.176. The fourth-order valence-corrected chi connectivity index (χ4v) is 2.50. The first-order chi connectivity index (χ1) is 12.1. The molecule has 0 fully saturated rings. The third-order valence-electron chi connectivity index (χ3n) is 3.48. The highest BCUT2D eigenvalue weighted by Gasteiger charge is 2.14. The molecular weight excluding hydrogens is 348 g/mol. The molecule has 3 rings (SSSR count). The van der Waals surface area contributed by atoms with Crippen LogP contribution in [-0.2, 0) is 11.2 Å². The van der Waals surface area contributed by atoms with Crippen molar-refractivity contribution in [3.05, 3.63) is 46.5 Å². The summed E-state index contributed by atoms with van der Waals surface area (Å²) in [6, 6.07) is 8.37. The van der Waals surface area contributed by atoms with E-state index in [1.807, 2.05) is 0 Å². The Morgan fingerprint density at radius 1 is 1.36 bits per heavy atom. The first-order valence-electron chi connectivity index (χ1n) is 7.34. The van der Waals surface area contributed by atoms with Crippen LogP contribution in [0, 0.1) is 0 Å². The van der Waals surface area contributed by atoms with Gasteiger partial charge in [0.25, 0.3) is 0 Å². The van der Waals surface area contributed by atoms with Gasteiger partial charge in [0.1, 0.15) is 0 Å². The van der Waals surface area contributed by atoms with Gasteiger partial charge in [-0.15, -0.1) is 0 Å². The number of amides is 1. The SMILES string of the molecule is COc1cc(/C=N\NC(=O)Cc2ccc3c(c2)OCO3)cc(Cl)c1O. The standard InChI is InChI=1S/C17H15ClN2O5/c1-23-15-6-11(4-12(18)17(15)22)8-19-20-16(21)7-10-2-3-13-14(5-10)25-9-24-13/h2-6,8,22H,7,9H2,1H3,(H,20,21)/b19-8-. The van der Waals surface area contributed by atoms with Crippen LogP contribution in [0.3, 0.4) is 0 Å². The Morgan fingerprint density at radius 2 is 2.16 bits per heavy atom. The maximum absolute atomic E-state index is 12.0. The summed E-state index contributed by atoms with van der Waals surface area (Å²) in [5, 5.41) is 13.7. The normalized spacial score (nSPS) is 12.4. The minimum atomic E-state index is -0.285. The van der Waals surface area contributed by atoms with Gasteiger partial charge in [-0.05, 0) is 35.4 Å². The number of rotatable bonds is 5. The zero-order chi connectivity index (χ0) is 17.8. The van der Waals surface area contributed by atoms with Crippen LogP contribution < -0.4 is 19.6 Å². The molecule has 0 radical (unpaired) electrons. The number of carbonyl (C=O) groups excluding carboxylic acids is 1. The second-order valence-electron chi connectivity index (χ2n) is 5.21. The van der Waals surface area contributed by atoms with E-state index in [1.165, 1.54) is 19.4 Å². The minimum Gasteiger partial charge on any atom is -0.503 e. The molecule has 1 aliphatic heterocycles. The topological polar surface area (TPSA) is 89.4 Å². The predicted molar refractivity (Wildman–Crippen MR) is 91.7 cm³/mol. The highest BCUT2D eigenvalue weighted by atomic mass is 35.5. The van der Waals surface area contributed by atoms with Gasteiger partial charge in [-0.2, -0.15) is 5.10 Å². The molecule has 0 unspecified atom stereocenters. The first kappa shape index (κ1) is 16.9. The predicted octanol–water partition coefficient (Wildman–Crippen LogP) is 2.48. The van der Waals surface area contributed by atoms with Crippen LogP contribution >= 0.6 is 11.6 Å². The monoisotopic (exact) mass is 362 g/mol. The quantitative estimate of drug-likeness (QED) is 0.630. The van der Waals surface area contributed by atoms with Crippen molar-refractivity contribution in [3.63, 3.8) is 0 Å². The van der Waals surface area contributed by atoms with Gasteiger partial charge in [-0.25, -0.2) is 5.43 Å². The molecule has 2 aromatic carbocycles. The number of hydrogen-bond acceptors (Lipinski definition) is 6. The summed E-state index contributed by atoms with van der Waals surface area (Å²) in [6.45, 7) is 0.188. The van der Waals surface area contributed by atoms with Crippen LogP contribution in [0.15, 0.2) is 35.4 Å². The number of fused-ring (bicyclic) bond motifs is 1. The molecular formula is C17H15ClN2O5. The summed E-state index contributed by atoms with van der Waals surface area (Å²) >= 11 is 5.89. The minimum absolute atomic E-state index is 0.132. The third-order valence-corrected chi connectivity index (χ3v) is 3.76. The van der Waals surface area contributed by atoms with Crippen molar-refractivity contribution in [2.45, 2.75) is 6.42 Å². The average molecular weight is 363 g/mol. The van der Waals surface area contributed by atoms with E-state index in [2.05, 4.69) is 10.5 Å². The zero-order valence-electron chi connectivity index (χ0n) is 13.3. The number of phenols is 1. The number of phenolic OH excluding ortho intramolecular Hbond substituents is 1. The number of hydrazone groups is 1. The summed E-state index contributed by atoms with van der Waals surface area (Å²) in [5.41, 5.74) is 3.79. The number of methoxy groups -OCH3 is 1. The molecule has 0 saturated carbocycles. The number of ether oxygens (including phenoxy) is 3. The summed E-state index contributed by atoms with van der Waals surface area (Å²) < 4.78 is 15.5. The largest absolute Gasteiger partial charge is 0.503 e. The molecule has 1 heterocycles. The van der Waals surface area contributed by atoms with E-state index in [4.69, 9.17) is 25.8 Å². The molecule has 8 heteroatoms. The molecule has 0 saturated heterocycles. The lowest BCUT2D eigenvalue weighted by atomic mass is 10.1. The smallest absolute Gasteiger partial charge is 0.244 e. The molecule has 0 spiro atoms. The van der Waals surface area contributed by atoms with E-state index in [-0.39, 0.29) is 35.6 Å². The van der Waals surface area contributed by atoms with E-state index in [0.29, 0.717) is 17.1 Å². The Hall–Kier alpha value is -2.93. The maximum Gasteiger partial charge on any atom is 0.244 e. The van der Waals surface area contributed by atoms with Gasteiger partial charge >= 0.3 is 0 Å². The number of halogens is 1. The molecule has 25 heavy (non-hydrogen) atoms. The van der Waals surface area contributed by atoms with E-state index < -0.39 is 0 Å². The van der Waals surface area contributed by atoms with E-state index in [9.17, 15) is 9.90 Å². The Balaban J connectivity index is 1.60. The molecule has 0 aliphatic carbocycles. The van der Waals surface area contributed by atoms with Crippen molar-refractivity contribution >= 4 is 23.7 Å². The molecule has 2 N–H and O–H groups in total. The fourth-order valence-electron chi connectivity index (χ4n) is 2.28. The van der Waals surface area contributed by atoms with Crippen LogP contribution in [0.1, 0.15) is 11.1 Å². The van der Waals surface area contributed by atoms with Gasteiger partial charge < -0.3 is 19.3 Å². The number of nitrogens with one attached hydrogen (secondary N) is 1. The average Bonchev–Trinajstić information content (AvgIpc) is 3.05. The van der Waals surface area contributed by atoms with Crippen LogP contribution in [0.2, 0.25) is 5.02 Å². The molecule has 130 valence electrons. The molecule has 0 aromatic heterocycles. The highest BCUT2D eigenvalue weighted by Crippen LogP contribution is 2.34. The van der Waals surface area contributed by atoms with Crippen LogP contribution in [0.4, 0.5) is 0 Å². The molecule has 2 aromatic rings. The van der Waals surface area contributed by atoms with Crippen LogP contribution in [0.25, 0.3) is 0 Å². The summed E-state index contributed by atoms with van der Waals surface area (Å²) in [5.74, 6) is 1.08. The third kappa shape index (κ3) is 3.95. The summed E-state index contributed by atoms with van der Waals surface area (Å²) in [4.78, 5) is 12.0. The first-order valence-corrected chi connectivity index (χ1v) is 7.71. The lowest BCUT2D eigenvalue weighted by Crippen LogP contribution is -2.19. The van der Waals surface area contributed by atoms with E-state index >= 15 is 0 Å². The molecule has 0 atom stereocenters. The molecule has 7 nitrogen and oxygen atoms in total. The Kier molecular flexibility index (Phi) is 4.95. The van der Waals surface area contributed by atoms with Crippen LogP contribution in [0.5, 0.6) is 23.0 Å². The van der Waals surface area contributed by atoms with Crippen LogP contribution in [-0.4, -0.2) is 31.1 Å². The van der Waals surface area contributed by atoms with Gasteiger partial charge in [-0.3, -0.25) is 4.79 Å². The Morgan fingerprint density at radius 3 is 2.96 bits per heavy atom. The molecule has 0 bridgehead atoms. The number of aromatic hydroxyl groups is 1. The highest BCUT2D eigenvalue weighted by molar-refractivity contribution is 6.32. The Bertz CT molecular complexity index is 838. The lowest BCUT2D eigenvalue weighted by molar-refractivity contribution is -0.120. The summed E-state index contributed by atoms with van der Waals surface area (Å²) in [7, 11) is 1.42. The van der Waals surface area contributed by atoms with Gasteiger partial charge in [0, 0.05) is 0 Å². The van der Waals surface area contributed by atoms with Crippen molar-refractivity contribution in [1.82, 2.24) is 5.43 Å². The molecule has 1 amide bonds. The number of nitrogens with zero attached hydrogens (tertiary/aromatic N) is 1. The van der Waals surface area contributed by atoms with Crippen molar-refractivity contribution in [3.8, 4) is 23.0 Å². The number of benzene rings is 2. The lowest BCUT2D eigenvalue weighted by Gasteiger charge is -2.06. The zero-order valence-corrected chi connectivity index (χ0v) is 14.0. The van der Waals surface area contributed by atoms with Gasteiger partial charge in [0.2, 0.25) is 12.7 Å². The maximum atomic E-state index is 12.0. The van der Waals surface area contributed by atoms with Crippen molar-refractivity contribution in [2.75, 3.05) is 13.9 Å². The summed E-state index contributed by atoms with van der Waals surface area (Å²) in [6.07, 6.45) is 1.55. The van der Waals surface area contributed by atoms with Crippen molar-refractivity contribution in [2.24, 2.45) is 5.10 Å². The second-order valence-corrected chi connectivity index (χ2v) is 5.62. The second kappa shape index (κ2) is 7.31. The number of hydrogen-bond donors (Lipinski definition) is 2.